The second-order valence-electron chi connectivity index (χ2n) is 9.65. The van der Waals surface area contributed by atoms with Gasteiger partial charge in [-0.1, -0.05) is 42.5 Å². The molecule has 1 N–H and O–H groups in total. The monoisotopic (exact) mass is 466 g/mol. The lowest BCUT2D eigenvalue weighted by Gasteiger charge is -2.30. The summed E-state index contributed by atoms with van der Waals surface area (Å²) in [6.07, 6.45) is 0.908. The first-order valence-electron chi connectivity index (χ1n) is 12.4. The second-order valence-corrected chi connectivity index (χ2v) is 9.65. The molecule has 2 heterocycles. The van der Waals surface area contributed by atoms with Crippen molar-refractivity contribution in [1.29, 1.82) is 0 Å². The highest BCUT2D eigenvalue weighted by Gasteiger charge is 2.28. The molecular formula is C30H34N4O. The summed E-state index contributed by atoms with van der Waals surface area (Å²) in [5, 5.41) is 8.68. The third-order valence-corrected chi connectivity index (χ3v) is 6.74. The van der Waals surface area contributed by atoms with Crippen LogP contribution < -0.4 is 15.0 Å². The van der Waals surface area contributed by atoms with Crippen molar-refractivity contribution in [2.75, 3.05) is 23.9 Å². The number of rotatable bonds is 6. The lowest BCUT2D eigenvalue weighted by molar-refractivity contribution is 0.411. The Bertz CT molecular complexity index is 1340. The number of hydrogen-bond acceptors (Lipinski definition) is 4. The van der Waals surface area contributed by atoms with Gasteiger partial charge in [-0.2, -0.15) is 5.10 Å². The minimum Gasteiger partial charge on any atom is -0.494 e. The number of methoxy groups -OCH3 is 1. The van der Waals surface area contributed by atoms with Crippen LogP contribution in [0.2, 0.25) is 0 Å². The standard InChI is InChI=1S/C30H34N4O/c1-20(2)31-24-15-13-23(14-16-24)30-25-19-33(27-11-7-6-9-21(27)3)18-17-26(25)32-34(30)29-22(4)10-8-12-28(29)35-5/h6-16,20,31H,17-19H2,1-5H3. The summed E-state index contributed by atoms with van der Waals surface area (Å²) in [5.74, 6) is 0.833. The summed E-state index contributed by atoms with van der Waals surface area (Å²) in [7, 11) is 1.73. The van der Waals surface area contributed by atoms with E-state index in [0.29, 0.717) is 6.04 Å². The van der Waals surface area contributed by atoms with E-state index >= 15 is 0 Å². The number of benzene rings is 3. The predicted octanol–water partition coefficient (Wildman–Crippen LogP) is 6.55. The Morgan fingerprint density at radius 3 is 2.37 bits per heavy atom. The molecule has 5 heteroatoms. The summed E-state index contributed by atoms with van der Waals surface area (Å²) in [6, 6.07) is 23.9. The summed E-state index contributed by atoms with van der Waals surface area (Å²) >= 11 is 0. The van der Waals surface area contributed by atoms with Crippen molar-refractivity contribution in [2.24, 2.45) is 0 Å². The van der Waals surface area contributed by atoms with Crippen molar-refractivity contribution in [2.45, 2.75) is 46.7 Å². The Morgan fingerprint density at radius 1 is 0.914 bits per heavy atom. The Hall–Kier alpha value is -3.73. The number of para-hydroxylation sites is 2. The van der Waals surface area contributed by atoms with Crippen LogP contribution in [0.15, 0.2) is 66.7 Å². The molecule has 0 saturated heterocycles. The Labute approximate surface area is 208 Å². The minimum absolute atomic E-state index is 0.387. The molecule has 0 aliphatic carbocycles. The van der Waals surface area contributed by atoms with Gasteiger partial charge >= 0.3 is 0 Å². The van der Waals surface area contributed by atoms with Crippen molar-refractivity contribution >= 4 is 11.4 Å². The van der Waals surface area contributed by atoms with Crippen LogP contribution in [0.1, 0.15) is 36.2 Å². The minimum atomic E-state index is 0.387. The van der Waals surface area contributed by atoms with Crippen LogP contribution in [-0.2, 0) is 13.0 Å². The van der Waals surface area contributed by atoms with E-state index in [1.807, 2.05) is 12.1 Å². The van der Waals surface area contributed by atoms with E-state index in [1.54, 1.807) is 7.11 Å². The van der Waals surface area contributed by atoms with E-state index in [9.17, 15) is 0 Å². The van der Waals surface area contributed by atoms with Crippen LogP contribution in [0.3, 0.4) is 0 Å². The number of ether oxygens (including phenoxy) is 1. The molecule has 4 aromatic rings. The number of nitrogens with zero attached hydrogens (tertiary/aromatic N) is 3. The third kappa shape index (κ3) is 4.39. The number of fused-ring (bicyclic) bond motifs is 1. The van der Waals surface area contributed by atoms with Crippen molar-refractivity contribution in [1.82, 2.24) is 9.78 Å². The predicted molar refractivity (Wildman–Crippen MR) is 145 cm³/mol. The summed E-state index contributed by atoms with van der Waals surface area (Å²) in [5.41, 5.74) is 10.6. The molecule has 180 valence electrons. The molecule has 0 unspecified atom stereocenters. The van der Waals surface area contributed by atoms with Gasteiger partial charge in [-0.25, -0.2) is 4.68 Å². The first-order valence-corrected chi connectivity index (χ1v) is 12.4. The molecule has 0 spiro atoms. The molecule has 0 atom stereocenters. The first kappa shape index (κ1) is 23.0. The topological polar surface area (TPSA) is 42.3 Å². The van der Waals surface area contributed by atoms with Gasteiger partial charge in [-0.3, -0.25) is 0 Å². The van der Waals surface area contributed by atoms with Crippen LogP contribution >= 0.6 is 0 Å². The molecule has 0 fully saturated rings. The smallest absolute Gasteiger partial charge is 0.144 e. The maximum atomic E-state index is 5.79. The Kier molecular flexibility index (Phi) is 6.25. The largest absolute Gasteiger partial charge is 0.494 e. The fourth-order valence-electron chi connectivity index (χ4n) is 5.08. The molecule has 5 nitrogen and oxygen atoms in total. The number of anilines is 2. The average Bonchev–Trinajstić information content (AvgIpc) is 3.22. The Balaban J connectivity index is 1.67. The van der Waals surface area contributed by atoms with E-state index < -0.39 is 0 Å². The van der Waals surface area contributed by atoms with Gasteiger partial charge in [0.25, 0.3) is 0 Å². The van der Waals surface area contributed by atoms with E-state index in [-0.39, 0.29) is 0 Å². The van der Waals surface area contributed by atoms with Crippen LogP contribution in [0, 0.1) is 13.8 Å². The van der Waals surface area contributed by atoms with Gasteiger partial charge in [0.2, 0.25) is 0 Å². The molecule has 0 amide bonds. The van der Waals surface area contributed by atoms with Gasteiger partial charge in [0.1, 0.15) is 11.4 Å². The summed E-state index contributed by atoms with van der Waals surface area (Å²) < 4.78 is 7.91. The van der Waals surface area contributed by atoms with Crippen molar-refractivity contribution < 1.29 is 4.74 Å². The number of aromatic nitrogens is 2. The summed E-state index contributed by atoms with van der Waals surface area (Å²) in [4.78, 5) is 2.48. The van der Waals surface area contributed by atoms with Crippen LogP contribution in [0.4, 0.5) is 11.4 Å². The number of hydrogen-bond donors (Lipinski definition) is 1. The fraction of sp³-hybridized carbons (Fsp3) is 0.300. The van der Waals surface area contributed by atoms with Crippen LogP contribution in [0.25, 0.3) is 16.9 Å². The van der Waals surface area contributed by atoms with Gasteiger partial charge in [0.15, 0.2) is 0 Å². The van der Waals surface area contributed by atoms with E-state index in [2.05, 4.69) is 97.2 Å². The lowest BCUT2D eigenvalue weighted by atomic mass is 9.99. The molecule has 0 bridgehead atoms. The third-order valence-electron chi connectivity index (χ3n) is 6.74. The highest BCUT2D eigenvalue weighted by molar-refractivity contribution is 5.72. The van der Waals surface area contributed by atoms with E-state index in [0.717, 1.165) is 53.5 Å². The maximum absolute atomic E-state index is 5.79. The highest BCUT2D eigenvalue weighted by atomic mass is 16.5. The normalized spacial score (nSPS) is 13.1. The molecule has 35 heavy (non-hydrogen) atoms. The fourth-order valence-corrected chi connectivity index (χ4v) is 5.08. The maximum Gasteiger partial charge on any atom is 0.144 e. The molecule has 5 rings (SSSR count). The van der Waals surface area contributed by atoms with Gasteiger partial charge in [-0.15, -0.1) is 0 Å². The van der Waals surface area contributed by atoms with Gasteiger partial charge in [0.05, 0.1) is 18.5 Å². The Morgan fingerprint density at radius 2 is 1.66 bits per heavy atom. The zero-order chi connectivity index (χ0) is 24.5. The molecule has 1 aromatic heterocycles. The number of aryl methyl sites for hydroxylation is 2. The molecule has 0 radical (unpaired) electrons. The van der Waals surface area contributed by atoms with E-state index in [4.69, 9.17) is 9.84 Å². The molecule has 0 saturated carbocycles. The van der Waals surface area contributed by atoms with Crippen molar-refractivity contribution in [3.8, 4) is 22.7 Å². The zero-order valence-corrected chi connectivity index (χ0v) is 21.3. The molecule has 1 aliphatic rings. The highest BCUT2D eigenvalue weighted by Crippen LogP contribution is 2.38. The molecular weight excluding hydrogens is 432 g/mol. The van der Waals surface area contributed by atoms with Crippen molar-refractivity contribution in [3.05, 3.63) is 89.1 Å². The van der Waals surface area contributed by atoms with Crippen molar-refractivity contribution in [3.63, 3.8) is 0 Å². The second kappa shape index (κ2) is 9.49. The average molecular weight is 467 g/mol. The molecule has 1 aliphatic heterocycles. The quantitative estimate of drug-likeness (QED) is 0.350. The summed E-state index contributed by atoms with van der Waals surface area (Å²) in [6.45, 7) is 10.4. The van der Waals surface area contributed by atoms with Gasteiger partial charge in [-0.05, 0) is 63.1 Å². The van der Waals surface area contributed by atoms with Crippen LogP contribution in [0.5, 0.6) is 5.75 Å². The number of nitrogens with one attached hydrogen (secondary N) is 1. The zero-order valence-electron chi connectivity index (χ0n) is 21.3. The molecule has 3 aromatic carbocycles. The van der Waals surface area contributed by atoms with Crippen LogP contribution in [-0.4, -0.2) is 29.5 Å². The first-order chi connectivity index (χ1) is 17.0. The van der Waals surface area contributed by atoms with Gasteiger partial charge < -0.3 is 15.0 Å². The lowest BCUT2D eigenvalue weighted by Crippen LogP contribution is -2.30. The van der Waals surface area contributed by atoms with Gasteiger partial charge in [0, 0.05) is 48.1 Å². The SMILES string of the molecule is COc1cccc(C)c1-n1nc2c(c1-c1ccc(NC(C)C)cc1)CN(c1ccccc1C)CC2. The van der Waals surface area contributed by atoms with E-state index in [1.165, 1.54) is 22.5 Å².